The van der Waals surface area contributed by atoms with Crippen molar-refractivity contribution in [3.8, 4) is 0 Å². The van der Waals surface area contributed by atoms with Crippen LogP contribution in [-0.2, 0) is 20.0 Å². The van der Waals surface area contributed by atoms with Crippen LogP contribution in [0.25, 0.3) is 11.2 Å². The van der Waals surface area contributed by atoms with E-state index < -0.39 is 0 Å². The van der Waals surface area contributed by atoms with Crippen LogP contribution in [0.3, 0.4) is 0 Å². The van der Waals surface area contributed by atoms with Crippen LogP contribution >= 0.6 is 11.8 Å². The summed E-state index contributed by atoms with van der Waals surface area (Å²) in [6.07, 6.45) is 4.13. The molecule has 0 fully saturated rings. The van der Waals surface area contributed by atoms with Gasteiger partial charge in [0.1, 0.15) is 5.52 Å². The van der Waals surface area contributed by atoms with Gasteiger partial charge in [-0.3, -0.25) is 9.25 Å². The van der Waals surface area contributed by atoms with Crippen molar-refractivity contribution in [2.75, 3.05) is 12.0 Å². The average Bonchev–Trinajstić information content (AvgIpc) is 2.80. The number of nitrogens with two attached hydrogens (primary N) is 1. The third-order valence-corrected chi connectivity index (χ3v) is 4.63. The van der Waals surface area contributed by atoms with E-state index in [-0.39, 0.29) is 4.75 Å². The van der Waals surface area contributed by atoms with Crippen molar-refractivity contribution < 1.29 is 0 Å². The summed E-state index contributed by atoms with van der Waals surface area (Å²) < 4.78 is 4.11. The second-order valence-corrected chi connectivity index (χ2v) is 7.03. The van der Waals surface area contributed by atoms with E-state index in [4.69, 9.17) is 5.73 Å². The molecule has 2 aromatic rings. The van der Waals surface area contributed by atoms with Crippen molar-refractivity contribution in [2.24, 2.45) is 7.05 Å². The zero-order valence-electron chi connectivity index (χ0n) is 12.4. The van der Waals surface area contributed by atoms with E-state index in [1.807, 2.05) is 23.5 Å². The molecule has 0 saturated carbocycles. The standard InChI is InChI=1S/C13H23N5S/c1-6-7-9-10-11(17(4)16-9)18(12(14)15-10)8-13(2,3)19-5/h6-8H2,1-5H3,(H2,14,15). The number of fused-ring (bicyclic) bond motifs is 1. The topological polar surface area (TPSA) is 61.7 Å². The Hall–Kier alpha value is -1.17. The molecule has 0 aliphatic heterocycles. The molecular weight excluding hydrogens is 258 g/mol. The van der Waals surface area contributed by atoms with Crippen LogP contribution in [0.15, 0.2) is 0 Å². The largest absolute Gasteiger partial charge is 0.369 e. The highest BCUT2D eigenvalue weighted by atomic mass is 32.2. The lowest BCUT2D eigenvalue weighted by Crippen LogP contribution is -2.24. The Morgan fingerprint density at radius 3 is 2.63 bits per heavy atom. The van der Waals surface area contributed by atoms with Crippen LogP contribution in [0.4, 0.5) is 5.95 Å². The number of anilines is 1. The molecule has 2 heterocycles. The maximum absolute atomic E-state index is 6.10. The van der Waals surface area contributed by atoms with Crippen LogP contribution in [0.2, 0.25) is 0 Å². The van der Waals surface area contributed by atoms with Crippen molar-refractivity contribution >= 4 is 28.9 Å². The summed E-state index contributed by atoms with van der Waals surface area (Å²) in [5, 5.41) is 4.57. The van der Waals surface area contributed by atoms with Crippen LogP contribution in [0, 0.1) is 0 Å². The maximum Gasteiger partial charge on any atom is 0.202 e. The number of aryl methyl sites for hydroxylation is 2. The molecule has 0 amide bonds. The van der Waals surface area contributed by atoms with Gasteiger partial charge < -0.3 is 5.73 Å². The average molecular weight is 281 g/mol. The Bertz CT molecular complexity index is 581. The molecule has 0 atom stereocenters. The molecular formula is C13H23N5S. The van der Waals surface area contributed by atoms with Crippen LogP contribution < -0.4 is 5.73 Å². The number of aromatic nitrogens is 4. The molecule has 0 spiro atoms. The predicted molar refractivity (Wildman–Crippen MR) is 82.5 cm³/mol. The van der Waals surface area contributed by atoms with Gasteiger partial charge in [0.15, 0.2) is 5.65 Å². The quantitative estimate of drug-likeness (QED) is 0.914. The third kappa shape index (κ3) is 2.59. The Balaban J connectivity index is 2.52. The van der Waals surface area contributed by atoms with Crippen molar-refractivity contribution in [3.05, 3.63) is 5.69 Å². The highest BCUT2D eigenvalue weighted by Crippen LogP contribution is 2.28. The van der Waals surface area contributed by atoms with Gasteiger partial charge in [0.2, 0.25) is 5.95 Å². The van der Waals surface area contributed by atoms with E-state index >= 15 is 0 Å². The van der Waals surface area contributed by atoms with Crippen LogP contribution in [0.1, 0.15) is 32.9 Å². The number of nitrogen functional groups attached to an aromatic ring is 1. The fraction of sp³-hybridized carbons (Fsp3) is 0.692. The summed E-state index contributed by atoms with van der Waals surface area (Å²) in [7, 11) is 1.96. The number of hydrogen-bond donors (Lipinski definition) is 1. The first-order valence-electron chi connectivity index (χ1n) is 6.62. The monoisotopic (exact) mass is 281 g/mol. The van der Waals surface area contributed by atoms with E-state index in [0.717, 1.165) is 36.2 Å². The van der Waals surface area contributed by atoms with Gasteiger partial charge in [0.05, 0.1) is 5.69 Å². The van der Waals surface area contributed by atoms with Crippen molar-refractivity contribution in [2.45, 2.75) is 44.9 Å². The van der Waals surface area contributed by atoms with E-state index in [9.17, 15) is 0 Å². The normalized spacial score (nSPS) is 12.5. The van der Waals surface area contributed by atoms with Gasteiger partial charge >= 0.3 is 0 Å². The number of nitrogens with zero attached hydrogens (tertiary/aromatic N) is 4. The minimum absolute atomic E-state index is 0.122. The summed E-state index contributed by atoms with van der Waals surface area (Å²) in [6, 6.07) is 0. The second-order valence-electron chi connectivity index (χ2n) is 5.51. The smallest absolute Gasteiger partial charge is 0.202 e. The lowest BCUT2D eigenvalue weighted by Gasteiger charge is -2.23. The highest BCUT2D eigenvalue weighted by Gasteiger charge is 2.23. The molecule has 2 aromatic heterocycles. The number of imidazole rings is 1. The van der Waals surface area contributed by atoms with Gasteiger partial charge in [-0.1, -0.05) is 13.3 Å². The summed E-state index contributed by atoms with van der Waals surface area (Å²) in [5.41, 5.74) is 9.13. The molecule has 19 heavy (non-hydrogen) atoms. The van der Waals surface area contributed by atoms with E-state index in [0.29, 0.717) is 5.95 Å². The van der Waals surface area contributed by atoms with Gasteiger partial charge in [-0.2, -0.15) is 16.9 Å². The SMILES string of the molecule is CCCc1nn(C)c2c1nc(N)n2CC(C)(C)SC. The van der Waals surface area contributed by atoms with Gasteiger partial charge in [0.25, 0.3) is 0 Å². The van der Waals surface area contributed by atoms with Crippen LogP contribution in [0.5, 0.6) is 0 Å². The number of thioether (sulfide) groups is 1. The molecule has 0 saturated heterocycles. The summed E-state index contributed by atoms with van der Waals surface area (Å²) in [4.78, 5) is 4.52. The minimum Gasteiger partial charge on any atom is -0.369 e. The van der Waals surface area contributed by atoms with Crippen molar-refractivity contribution in [1.29, 1.82) is 0 Å². The summed E-state index contributed by atoms with van der Waals surface area (Å²) >= 11 is 1.83. The van der Waals surface area contributed by atoms with Gasteiger partial charge in [-0.05, 0) is 26.5 Å². The molecule has 0 aromatic carbocycles. The molecule has 0 aliphatic carbocycles. The number of hydrogen-bond acceptors (Lipinski definition) is 4. The van der Waals surface area contributed by atoms with Gasteiger partial charge in [-0.25, -0.2) is 4.98 Å². The Morgan fingerprint density at radius 2 is 2.05 bits per heavy atom. The molecule has 0 bridgehead atoms. The zero-order chi connectivity index (χ0) is 14.2. The first-order valence-corrected chi connectivity index (χ1v) is 7.85. The van der Waals surface area contributed by atoms with E-state index in [2.05, 4.69) is 41.7 Å². The second kappa shape index (κ2) is 5.07. The maximum atomic E-state index is 6.10. The Morgan fingerprint density at radius 1 is 1.37 bits per heavy atom. The first-order chi connectivity index (χ1) is 8.89. The summed E-state index contributed by atoms with van der Waals surface area (Å²) in [5.74, 6) is 0.586. The van der Waals surface area contributed by atoms with Gasteiger partial charge in [-0.15, -0.1) is 0 Å². The Kier molecular flexibility index (Phi) is 3.80. The summed E-state index contributed by atoms with van der Waals surface area (Å²) in [6.45, 7) is 7.41. The molecule has 106 valence electrons. The predicted octanol–water partition coefficient (Wildman–Crippen LogP) is 2.45. The molecule has 0 radical (unpaired) electrons. The van der Waals surface area contributed by atoms with E-state index in [1.54, 1.807) is 0 Å². The Labute approximate surface area is 118 Å². The number of rotatable bonds is 5. The van der Waals surface area contributed by atoms with Gasteiger partial charge in [0, 0.05) is 18.3 Å². The molecule has 5 nitrogen and oxygen atoms in total. The lowest BCUT2D eigenvalue weighted by molar-refractivity contribution is 0.572. The lowest BCUT2D eigenvalue weighted by atomic mass is 10.2. The molecule has 0 aliphatic rings. The van der Waals surface area contributed by atoms with Crippen molar-refractivity contribution in [3.63, 3.8) is 0 Å². The third-order valence-electron chi connectivity index (χ3n) is 3.40. The molecule has 2 rings (SSSR count). The fourth-order valence-corrected chi connectivity index (χ4v) is 2.52. The first kappa shape index (κ1) is 14.2. The highest BCUT2D eigenvalue weighted by molar-refractivity contribution is 7.99. The van der Waals surface area contributed by atoms with E-state index in [1.165, 1.54) is 0 Å². The van der Waals surface area contributed by atoms with Crippen LogP contribution in [-0.4, -0.2) is 30.3 Å². The minimum atomic E-state index is 0.122. The van der Waals surface area contributed by atoms with Crippen molar-refractivity contribution in [1.82, 2.24) is 19.3 Å². The fourth-order valence-electron chi connectivity index (χ4n) is 2.26. The molecule has 6 heteroatoms. The molecule has 0 unspecified atom stereocenters. The molecule has 2 N–H and O–H groups in total. The zero-order valence-corrected chi connectivity index (χ0v) is 13.2.